The average molecular weight is 315 g/mol. The quantitative estimate of drug-likeness (QED) is 0.901. The van der Waals surface area contributed by atoms with Gasteiger partial charge in [0, 0.05) is 17.9 Å². The second kappa shape index (κ2) is 5.93. The van der Waals surface area contributed by atoms with Crippen LogP contribution >= 0.6 is 11.3 Å². The number of rotatable bonds is 3. The number of carbonyl (C=O) groups is 2. The SMILES string of the molecule is CC(=O)Nc1scc(-c2ccc3c(c2)CCCC3)c1C(=O)O. The van der Waals surface area contributed by atoms with Crippen LogP contribution in [0.15, 0.2) is 23.6 Å². The molecule has 1 aromatic carbocycles. The van der Waals surface area contributed by atoms with E-state index < -0.39 is 5.97 Å². The van der Waals surface area contributed by atoms with Crippen molar-refractivity contribution in [3.8, 4) is 11.1 Å². The van der Waals surface area contributed by atoms with Gasteiger partial charge in [0.2, 0.25) is 5.91 Å². The summed E-state index contributed by atoms with van der Waals surface area (Å²) in [6.45, 7) is 1.38. The summed E-state index contributed by atoms with van der Waals surface area (Å²) in [4.78, 5) is 22.8. The van der Waals surface area contributed by atoms with Crippen molar-refractivity contribution in [1.82, 2.24) is 0 Å². The molecule has 0 unspecified atom stereocenters. The van der Waals surface area contributed by atoms with E-state index in [2.05, 4.69) is 17.4 Å². The number of carbonyl (C=O) groups excluding carboxylic acids is 1. The zero-order valence-corrected chi connectivity index (χ0v) is 13.1. The fourth-order valence-corrected chi connectivity index (χ4v) is 3.94. The highest BCUT2D eigenvalue weighted by Gasteiger charge is 2.21. The number of benzene rings is 1. The summed E-state index contributed by atoms with van der Waals surface area (Å²) >= 11 is 1.25. The molecule has 0 fully saturated rings. The third-order valence-corrected chi connectivity index (χ3v) is 4.85. The van der Waals surface area contributed by atoms with Crippen molar-refractivity contribution in [3.05, 3.63) is 40.3 Å². The van der Waals surface area contributed by atoms with Crippen LogP contribution in [0.5, 0.6) is 0 Å². The van der Waals surface area contributed by atoms with Crippen molar-refractivity contribution < 1.29 is 14.7 Å². The molecule has 3 rings (SSSR count). The van der Waals surface area contributed by atoms with Gasteiger partial charge in [0.25, 0.3) is 0 Å². The van der Waals surface area contributed by atoms with Gasteiger partial charge in [-0.2, -0.15) is 0 Å². The van der Waals surface area contributed by atoms with Gasteiger partial charge in [0.15, 0.2) is 0 Å². The lowest BCUT2D eigenvalue weighted by atomic mass is 9.89. The third kappa shape index (κ3) is 2.76. The van der Waals surface area contributed by atoms with Gasteiger partial charge in [-0.3, -0.25) is 4.79 Å². The number of hydrogen-bond acceptors (Lipinski definition) is 3. The number of hydrogen-bond donors (Lipinski definition) is 2. The van der Waals surface area contributed by atoms with Gasteiger partial charge in [-0.05, 0) is 42.4 Å². The smallest absolute Gasteiger partial charge is 0.339 e. The van der Waals surface area contributed by atoms with Crippen LogP contribution in [-0.2, 0) is 17.6 Å². The minimum atomic E-state index is -1.02. The molecule has 0 aliphatic heterocycles. The normalized spacial score (nSPS) is 13.5. The second-order valence-electron chi connectivity index (χ2n) is 5.53. The Morgan fingerprint density at radius 1 is 1.18 bits per heavy atom. The molecule has 1 aliphatic carbocycles. The van der Waals surface area contributed by atoms with E-state index in [0.29, 0.717) is 10.6 Å². The molecule has 0 bridgehead atoms. The molecular weight excluding hydrogens is 298 g/mol. The zero-order valence-electron chi connectivity index (χ0n) is 12.3. The van der Waals surface area contributed by atoms with Crippen molar-refractivity contribution >= 4 is 28.2 Å². The summed E-state index contributed by atoms with van der Waals surface area (Å²) in [5.41, 5.74) is 4.44. The second-order valence-corrected chi connectivity index (χ2v) is 6.41. The summed E-state index contributed by atoms with van der Waals surface area (Å²) in [5.74, 6) is -1.28. The largest absolute Gasteiger partial charge is 0.478 e. The van der Waals surface area contributed by atoms with E-state index in [-0.39, 0.29) is 11.5 Å². The van der Waals surface area contributed by atoms with Crippen LogP contribution in [0.2, 0.25) is 0 Å². The van der Waals surface area contributed by atoms with Crippen LogP contribution in [0, 0.1) is 0 Å². The van der Waals surface area contributed by atoms with Crippen molar-refractivity contribution in [2.75, 3.05) is 5.32 Å². The Morgan fingerprint density at radius 3 is 2.59 bits per heavy atom. The number of carboxylic acids is 1. The molecule has 114 valence electrons. The Morgan fingerprint density at radius 2 is 1.91 bits per heavy atom. The van der Waals surface area contributed by atoms with Gasteiger partial charge in [0.1, 0.15) is 10.6 Å². The Bertz CT molecular complexity index is 748. The number of anilines is 1. The molecule has 22 heavy (non-hydrogen) atoms. The summed E-state index contributed by atoms with van der Waals surface area (Å²) in [5, 5.41) is 14.3. The number of carboxylic acid groups (broad SMARTS) is 1. The average Bonchev–Trinajstić information content (AvgIpc) is 2.89. The maximum Gasteiger partial charge on any atom is 0.339 e. The Labute approximate surface area is 132 Å². The molecule has 0 spiro atoms. The lowest BCUT2D eigenvalue weighted by molar-refractivity contribution is -0.114. The first kappa shape index (κ1) is 14.8. The summed E-state index contributed by atoms with van der Waals surface area (Å²) in [6, 6.07) is 6.18. The number of fused-ring (bicyclic) bond motifs is 1. The molecule has 1 aromatic heterocycles. The van der Waals surface area contributed by atoms with E-state index in [1.165, 1.54) is 42.2 Å². The number of thiophene rings is 1. The molecule has 1 amide bonds. The standard InChI is InChI=1S/C17H17NO3S/c1-10(19)18-16-15(17(20)21)14(9-22-16)13-7-6-11-4-2-3-5-12(11)8-13/h6-9H,2-5H2,1H3,(H,18,19)(H,20,21). The van der Waals surface area contributed by atoms with Gasteiger partial charge in [-0.25, -0.2) is 4.79 Å². The van der Waals surface area contributed by atoms with E-state index in [0.717, 1.165) is 18.4 Å². The zero-order chi connectivity index (χ0) is 15.7. The number of nitrogens with one attached hydrogen (secondary N) is 1. The monoisotopic (exact) mass is 315 g/mol. The van der Waals surface area contributed by atoms with Gasteiger partial charge in [-0.15, -0.1) is 11.3 Å². The number of amides is 1. The first-order valence-electron chi connectivity index (χ1n) is 7.31. The van der Waals surface area contributed by atoms with E-state index in [4.69, 9.17) is 0 Å². The summed E-state index contributed by atoms with van der Waals surface area (Å²) in [6.07, 6.45) is 4.55. The Hall–Kier alpha value is -2.14. The van der Waals surface area contributed by atoms with Crippen LogP contribution in [-0.4, -0.2) is 17.0 Å². The fourth-order valence-electron chi connectivity index (χ4n) is 2.94. The number of aryl methyl sites for hydroxylation is 2. The van der Waals surface area contributed by atoms with E-state index in [1.54, 1.807) is 5.38 Å². The van der Waals surface area contributed by atoms with Crippen LogP contribution in [0.3, 0.4) is 0 Å². The van der Waals surface area contributed by atoms with Gasteiger partial charge < -0.3 is 10.4 Å². The van der Waals surface area contributed by atoms with E-state index in [1.807, 2.05) is 6.07 Å². The topological polar surface area (TPSA) is 66.4 Å². The van der Waals surface area contributed by atoms with Gasteiger partial charge >= 0.3 is 5.97 Å². The third-order valence-electron chi connectivity index (χ3n) is 3.95. The molecule has 2 N–H and O–H groups in total. The highest BCUT2D eigenvalue weighted by molar-refractivity contribution is 7.15. The van der Waals surface area contributed by atoms with Crippen molar-refractivity contribution in [2.24, 2.45) is 0 Å². The summed E-state index contributed by atoms with van der Waals surface area (Å²) in [7, 11) is 0. The molecule has 0 saturated carbocycles. The minimum Gasteiger partial charge on any atom is -0.478 e. The van der Waals surface area contributed by atoms with Crippen LogP contribution in [0.4, 0.5) is 5.00 Å². The maximum absolute atomic E-state index is 11.6. The van der Waals surface area contributed by atoms with Gasteiger partial charge in [0.05, 0.1) is 0 Å². The minimum absolute atomic E-state index is 0.177. The van der Waals surface area contributed by atoms with E-state index in [9.17, 15) is 14.7 Å². The molecule has 0 saturated heterocycles. The predicted molar refractivity (Wildman–Crippen MR) is 87.7 cm³/mol. The molecule has 1 aliphatic rings. The molecule has 4 nitrogen and oxygen atoms in total. The molecular formula is C17H17NO3S. The first-order chi connectivity index (χ1) is 10.6. The van der Waals surface area contributed by atoms with Crippen molar-refractivity contribution in [1.29, 1.82) is 0 Å². The maximum atomic E-state index is 11.6. The number of aromatic carboxylic acids is 1. The molecule has 0 radical (unpaired) electrons. The Kier molecular flexibility index (Phi) is 3.98. The van der Waals surface area contributed by atoms with Crippen LogP contribution in [0.1, 0.15) is 41.3 Å². The predicted octanol–water partition coefficient (Wildman–Crippen LogP) is 3.95. The first-order valence-corrected chi connectivity index (χ1v) is 8.19. The van der Waals surface area contributed by atoms with Crippen LogP contribution in [0.25, 0.3) is 11.1 Å². The molecule has 1 heterocycles. The highest BCUT2D eigenvalue weighted by Crippen LogP contribution is 2.37. The van der Waals surface area contributed by atoms with Crippen molar-refractivity contribution in [3.63, 3.8) is 0 Å². The highest BCUT2D eigenvalue weighted by atomic mass is 32.1. The lowest BCUT2D eigenvalue weighted by Crippen LogP contribution is -2.09. The fraction of sp³-hybridized carbons (Fsp3) is 0.294. The van der Waals surface area contributed by atoms with Gasteiger partial charge in [-0.1, -0.05) is 18.2 Å². The molecule has 5 heteroatoms. The molecule has 0 atom stereocenters. The molecule has 2 aromatic rings. The van der Waals surface area contributed by atoms with Crippen LogP contribution < -0.4 is 5.32 Å². The Balaban J connectivity index is 2.06. The summed E-state index contributed by atoms with van der Waals surface area (Å²) < 4.78 is 0. The van der Waals surface area contributed by atoms with E-state index >= 15 is 0 Å². The van der Waals surface area contributed by atoms with Crippen molar-refractivity contribution in [2.45, 2.75) is 32.6 Å². The lowest BCUT2D eigenvalue weighted by Gasteiger charge is -2.16.